The summed E-state index contributed by atoms with van der Waals surface area (Å²) >= 11 is 0. The van der Waals surface area contributed by atoms with Crippen molar-refractivity contribution < 1.29 is 9.21 Å². The zero-order chi connectivity index (χ0) is 15.5. The van der Waals surface area contributed by atoms with Crippen LogP contribution in [0.3, 0.4) is 0 Å². The molecular weight excluding hydrogens is 252 g/mol. The number of nitrogens with zero attached hydrogens (tertiary/aromatic N) is 1. The molecule has 0 aromatic carbocycles. The van der Waals surface area contributed by atoms with Gasteiger partial charge < -0.3 is 4.42 Å². The Kier molecular flexibility index (Phi) is 5.40. The van der Waals surface area contributed by atoms with Crippen LogP contribution in [0.5, 0.6) is 0 Å². The number of carbonyl (C=O) groups excluding carboxylic acids is 1. The van der Waals surface area contributed by atoms with Crippen molar-refractivity contribution >= 4 is 5.91 Å². The molecule has 114 valence electrons. The molecule has 0 saturated carbocycles. The lowest BCUT2D eigenvalue weighted by atomic mass is 9.84. The van der Waals surface area contributed by atoms with E-state index >= 15 is 0 Å². The monoisotopic (exact) mass is 280 g/mol. The molecule has 4 nitrogen and oxygen atoms in total. The summed E-state index contributed by atoms with van der Waals surface area (Å²) < 4.78 is 5.41. The average molecular weight is 280 g/mol. The van der Waals surface area contributed by atoms with Crippen molar-refractivity contribution in [1.29, 1.82) is 0 Å². The molecule has 0 saturated heterocycles. The predicted octanol–water partition coefficient (Wildman–Crippen LogP) is 3.69. The van der Waals surface area contributed by atoms with E-state index in [1.165, 1.54) is 0 Å². The van der Waals surface area contributed by atoms with Crippen LogP contribution in [0.1, 0.15) is 62.4 Å². The van der Waals surface area contributed by atoms with Crippen molar-refractivity contribution in [3.63, 3.8) is 0 Å². The van der Waals surface area contributed by atoms with Gasteiger partial charge in [0.05, 0.1) is 5.56 Å². The van der Waals surface area contributed by atoms with Gasteiger partial charge in [0, 0.05) is 13.1 Å². The van der Waals surface area contributed by atoms with Gasteiger partial charge in [0.2, 0.25) is 0 Å². The van der Waals surface area contributed by atoms with E-state index in [2.05, 4.69) is 33.1 Å². The molecule has 1 amide bonds. The van der Waals surface area contributed by atoms with Crippen LogP contribution in [0, 0.1) is 19.3 Å². The molecule has 0 fully saturated rings. The lowest BCUT2D eigenvalue weighted by Crippen LogP contribution is -2.51. The number of nitrogens with one attached hydrogen (secondary N) is 1. The summed E-state index contributed by atoms with van der Waals surface area (Å²) in [5.74, 6) is 1.32. The molecule has 0 aliphatic heterocycles. The molecule has 4 heteroatoms. The maximum Gasteiger partial charge on any atom is 0.269 e. The number of carbonyl (C=O) groups is 1. The van der Waals surface area contributed by atoms with Crippen LogP contribution in [-0.2, 0) is 0 Å². The fourth-order valence-corrected chi connectivity index (χ4v) is 2.64. The Hall–Kier alpha value is -1.29. The molecule has 1 rings (SSSR count). The van der Waals surface area contributed by atoms with Gasteiger partial charge in [0.1, 0.15) is 11.5 Å². The highest BCUT2D eigenvalue weighted by Crippen LogP contribution is 2.26. The van der Waals surface area contributed by atoms with Crippen LogP contribution in [0.4, 0.5) is 0 Å². The van der Waals surface area contributed by atoms with Crippen molar-refractivity contribution in [2.24, 2.45) is 5.41 Å². The van der Waals surface area contributed by atoms with E-state index in [0.717, 1.165) is 18.6 Å². The number of hydrazine groups is 1. The Morgan fingerprint density at radius 1 is 1.40 bits per heavy atom. The van der Waals surface area contributed by atoms with E-state index in [4.69, 9.17) is 4.42 Å². The zero-order valence-electron chi connectivity index (χ0n) is 13.8. The fourth-order valence-electron chi connectivity index (χ4n) is 2.64. The van der Waals surface area contributed by atoms with E-state index in [9.17, 15) is 4.79 Å². The van der Waals surface area contributed by atoms with Crippen LogP contribution >= 0.6 is 0 Å². The van der Waals surface area contributed by atoms with Crippen LogP contribution in [0.2, 0.25) is 0 Å². The number of hydrogen-bond acceptors (Lipinski definition) is 3. The quantitative estimate of drug-likeness (QED) is 0.837. The SMILES string of the molecule is CCCC(N(C)NC(=O)c1cc(C)oc1C)C(C)(C)C. The Morgan fingerprint density at radius 3 is 2.40 bits per heavy atom. The first-order chi connectivity index (χ1) is 9.16. The second-order valence-corrected chi connectivity index (χ2v) is 6.55. The van der Waals surface area contributed by atoms with Crippen LogP contribution in [0.25, 0.3) is 0 Å². The van der Waals surface area contributed by atoms with Crippen molar-refractivity contribution in [3.05, 3.63) is 23.2 Å². The number of furan rings is 1. The van der Waals surface area contributed by atoms with E-state index < -0.39 is 0 Å². The molecule has 0 aliphatic rings. The highest BCUT2D eigenvalue weighted by Gasteiger charge is 2.29. The van der Waals surface area contributed by atoms with Crippen molar-refractivity contribution in [3.8, 4) is 0 Å². The molecule has 1 heterocycles. The summed E-state index contributed by atoms with van der Waals surface area (Å²) in [6.07, 6.45) is 2.13. The van der Waals surface area contributed by atoms with E-state index in [1.54, 1.807) is 6.07 Å². The third-order valence-corrected chi connectivity index (χ3v) is 3.59. The van der Waals surface area contributed by atoms with Gasteiger partial charge >= 0.3 is 0 Å². The average Bonchev–Trinajstić information content (AvgIpc) is 2.63. The van der Waals surface area contributed by atoms with E-state index in [1.807, 2.05) is 25.9 Å². The zero-order valence-corrected chi connectivity index (χ0v) is 13.8. The maximum atomic E-state index is 12.3. The number of amides is 1. The van der Waals surface area contributed by atoms with Gasteiger partial charge in [-0.05, 0) is 31.7 Å². The molecule has 0 spiro atoms. The van der Waals surface area contributed by atoms with Gasteiger partial charge in [-0.1, -0.05) is 34.1 Å². The number of hydrogen-bond donors (Lipinski definition) is 1. The minimum absolute atomic E-state index is 0.104. The molecule has 1 atom stereocenters. The standard InChI is InChI=1S/C16H28N2O2/c1-8-9-14(16(4,5)6)18(7)17-15(19)13-10-11(2)20-12(13)3/h10,14H,8-9H2,1-7H3,(H,17,19). The molecule has 20 heavy (non-hydrogen) atoms. The first-order valence-electron chi connectivity index (χ1n) is 7.27. The molecule has 1 N–H and O–H groups in total. The van der Waals surface area contributed by atoms with Crippen molar-refractivity contribution in [2.45, 2.75) is 60.4 Å². The van der Waals surface area contributed by atoms with Crippen LogP contribution in [-0.4, -0.2) is 24.0 Å². The molecule has 1 aromatic heterocycles. The Morgan fingerprint density at radius 2 is 2.00 bits per heavy atom. The Bertz CT molecular complexity index is 458. The van der Waals surface area contributed by atoms with Crippen molar-refractivity contribution in [1.82, 2.24) is 10.4 Å². The van der Waals surface area contributed by atoms with Gasteiger partial charge in [-0.3, -0.25) is 10.2 Å². The van der Waals surface area contributed by atoms with Crippen LogP contribution < -0.4 is 5.43 Å². The summed E-state index contributed by atoms with van der Waals surface area (Å²) in [7, 11) is 1.94. The summed E-state index contributed by atoms with van der Waals surface area (Å²) in [6, 6.07) is 2.08. The minimum Gasteiger partial charge on any atom is -0.466 e. The maximum absolute atomic E-state index is 12.3. The fraction of sp³-hybridized carbons (Fsp3) is 0.688. The van der Waals surface area contributed by atoms with E-state index in [-0.39, 0.29) is 11.3 Å². The summed E-state index contributed by atoms with van der Waals surface area (Å²) in [5.41, 5.74) is 3.70. The summed E-state index contributed by atoms with van der Waals surface area (Å²) in [5, 5.41) is 1.94. The minimum atomic E-state index is -0.104. The number of aryl methyl sites for hydroxylation is 2. The first-order valence-corrected chi connectivity index (χ1v) is 7.27. The molecule has 0 radical (unpaired) electrons. The van der Waals surface area contributed by atoms with Gasteiger partial charge in [-0.25, -0.2) is 5.01 Å². The third kappa shape index (κ3) is 4.10. The van der Waals surface area contributed by atoms with Gasteiger partial charge in [0.25, 0.3) is 5.91 Å². The van der Waals surface area contributed by atoms with Crippen molar-refractivity contribution in [2.75, 3.05) is 7.05 Å². The topological polar surface area (TPSA) is 45.5 Å². The smallest absolute Gasteiger partial charge is 0.269 e. The molecule has 1 unspecified atom stereocenters. The van der Waals surface area contributed by atoms with Gasteiger partial charge in [-0.15, -0.1) is 0 Å². The summed E-state index contributed by atoms with van der Waals surface area (Å²) in [4.78, 5) is 12.3. The summed E-state index contributed by atoms with van der Waals surface area (Å²) in [6.45, 7) is 12.4. The van der Waals surface area contributed by atoms with Crippen LogP contribution in [0.15, 0.2) is 10.5 Å². The second kappa shape index (κ2) is 6.44. The first kappa shape index (κ1) is 16.8. The Labute approximate surface area is 122 Å². The third-order valence-electron chi connectivity index (χ3n) is 3.59. The highest BCUT2D eigenvalue weighted by molar-refractivity contribution is 5.94. The normalized spacial score (nSPS) is 13.6. The van der Waals surface area contributed by atoms with Gasteiger partial charge in [0.15, 0.2) is 0 Å². The lowest BCUT2D eigenvalue weighted by Gasteiger charge is -2.38. The highest BCUT2D eigenvalue weighted by atomic mass is 16.3. The molecular formula is C16H28N2O2. The van der Waals surface area contributed by atoms with Gasteiger partial charge in [-0.2, -0.15) is 0 Å². The Balaban J connectivity index is 2.80. The largest absolute Gasteiger partial charge is 0.466 e. The molecule has 0 bridgehead atoms. The number of rotatable bonds is 5. The lowest BCUT2D eigenvalue weighted by molar-refractivity contribution is 0.0520. The molecule has 1 aromatic rings. The van der Waals surface area contributed by atoms with E-state index in [0.29, 0.717) is 17.4 Å². The second-order valence-electron chi connectivity index (χ2n) is 6.55. The predicted molar refractivity (Wildman–Crippen MR) is 81.6 cm³/mol. The molecule has 0 aliphatic carbocycles.